The highest BCUT2D eigenvalue weighted by molar-refractivity contribution is 6.29. The van der Waals surface area contributed by atoms with Gasteiger partial charge in [-0.1, -0.05) is 224 Å². The fraction of sp³-hybridized carbons (Fsp3) is 0.0132. The summed E-state index contributed by atoms with van der Waals surface area (Å²) in [6, 6.07) is 103. The fourth-order valence-electron chi connectivity index (χ4n) is 12.7. The molecule has 0 bridgehead atoms. The number of hydrogen-bond donors (Lipinski definition) is 0. The minimum absolute atomic E-state index is 0.569. The lowest BCUT2D eigenvalue weighted by atomic mass is 9.89. The molecule has 0 amide bonds. The molecule has 0 N–H and O–H groups in total. The maximum absolute atomic E-state index is 5.28. The molecule has 0 saturated heterocycles. The molecule has 0 fully saturated rings. The average molecular weight is 1030 g/mol. The summed E-state index contributed by atoms with van der Waals surface area (Å²) in [5.74, 6) is 1.81. The van der Waals surface area contributed by atoms with Crippen LogP contribution in [0.15, 0.2) is 285 Å². The Kier molecular flexibility index (Phi) is 10.9. The van der Waals surface area contributed by atoms with E-state index in [0.29, 0.717) is 17.6 Å². The van der Waals surface area contributed by atoms with Gasteiger partial charge >= 0.3 is 0 Å². The van der Waals surface area contributed by atoms with Crippen molar-refractivity contribution in [2.24, 2.45) is 0 Å². The topological polar surface area (TPSA) is 48.5 Å². The van der Waals surface area contributed by atoms with E-state index in [0.717, 1.165) is 56.1 Å². The van der Waals surface area contributed by atoms with E-state index in [9.17, 15) is 0 Å². The summed E-state index contributed by atoms with van der Waals surface area (Å²) >= 11 is 0. The smallest absolute Gasteiger partial charge is 0.238 e. The Bertz CT molecular complexity index is 4870. The lowest BCUT2D eigenvalue weighted by Gasteiger charge is -2.16. The Morgan fingerprint density at radius 1 is 0.247 bits per heavy atom. The van der Waals surface area contributed by atoms with E-state index in [1.54, 1.807) is 0 Å². The third kappa shape index (κ3) is 7.81. The summed E-state index contributed by atoms with van der Waals surface area (Å²) in [5, 5.41) is 4.64. The molecule has 0 unspecified atom stereocenters. The highest BCUT2D eigenvalue weighted by Gasteiger charge is 2.29. The molecule has 12 aromatic carbocycles. The van der Waals surface area contributed by atoms with Crippen molar-refractivity contribution in [3.63, 3.8) is 0 Å². The first-order valence-electron chi connectivity index (χ1n) is 27.7. The van der Waals surface area contributed by atoms with Crippen LogP contribution in [0, 0.1) is 0 Å². The highest BCUT2D eigenvalue weighted by atomic mass is 15.2. The Balaban J connectivity index is 0.943. The third-order valence-corrected chi connectivity index (χ3v) is 16.4. The van der Waals surface area contributed by atoms with Gasteiger partial charge in [0.2, 0.25) is 5.95 Å². The molecule has 81 heavy (non-hydrogen) atoms. The van der Waals surface area contributed by atoms with Crippen LogP contribution in [0.2, 0.25) is 0 Å². The third-order valence-electron chi connectivity index (χ3n) is 16.4. The molecule has 3 heterocycles. The molecule has 0 aliphatic heterocycles. The molecule has 15 aromatic rings. The average Bonchev–Trinajstić information content (AvgIpc) is 3.72. The second-order valence-corrected chi connectivity index (χ2v) is 21.1. The van der Waals surface area contributed by atoms with Crippen molar-refractivity contribution in [1.82, 2.24) is 24.1 Å². The van der Waals surface area contributed by atoms with Crippen LogP contribution in [0.5, 0.6) is 0 Å². The highest BCUT2D eigenvalue weighted by Crippen LogP contribution is 2.50. The molecular weight excluding hydrogens is 983 g/mol. The maximum Gasteiger partial charge on any atom is 0.238 e. The molecule has 16 rings (SSSR count). The van der Waals surface area contributed by atoms with Gasteiger partial charge in [0.05, 0.1) is 22.1 Å². The van der Waals surface area contributed by atoms with Crippen LogP contribution in [-0.2, 0) is 6.42 Å². The predicted molar refractivity (Wildman–Crippen MR) is 335 cm³/mol. The van der Waals surface area contributed by atoms with Gasteiger partial charge in [0.15, 0.2) is 11.6 Å². The molecule has 3 aromatic heterocycles. The predicted octanol–water partition coefficient (Wildman–Crippen LogP) is 19.3. The number of benzene rings is 12. The number of nitrogens with zero attached hydrogens (tertiary/aromatic N) is 5. The molecule has 0 atom stereocenters. The van der Waals surface area contributed by atoms with E-state index in [1.807, 2.05) is 36.4 Å². The number of fused-ring (bicyclic) bond motifs is 10. The lowest BCUT2D eigenvalue weighted by molar-refractivity contribution is 0.953. The van der Waals surface area contributed by atoms with Crippen molar-refractivity contribution in [3.05, 3.63) is 296 Å². The number of para-hydroxylation sites is 2. The Hall–Kier alpha value is -10.8. The van der Waals surface area contributed by atoms with Crippen LogP contribution in [-0.4, -0.2) is 24.1 Å². The molecule has 0 spiro atoms. The molecule has 5 heteroatoms. The van der Waals surface area contributed by atoms with Gasteiger partial charge in [-0.3, -0.25) is 4.57 Å². The SMILES string of the molecule is c1ccc(-c2cccc(-c3cc(-c4cccc(-c5ccccc5)c4)c4c(c3)-c3cc(-n5c6ccccc6c6c7c8ccccc8n(-c8nc(-c9ccccc9)nc(-c9ccccc9)n8)c7ccc65)cc(-c5ccccc5)c3C4)c2)cc1. The summed E-state index contributed by atoms with van der Waals surface area (Å²) in [6.07, 6.45) is 0.798. The largest absolute Gasteiger partial charge is 0.309 e. The zero-order valence-electron chi connectivity index (χ0n) is 44.1. The van der Waals surface area contributed by atoms with Gasteiger partial charge in [0.1, 0.15) is 0 Å². The quantitative estimate of drug-likeness (QED) is 0.145. The van der Waals surface area contributed by atoms with Gasteiger partial charge in [0, 0.05) is 38.4 Å². The van der Waals surface area contributed by atoms with E-state index < -0.39 is 0 Å². The van der Waals surface area contributed by atoms with Crippen LogP contribution in [0.4, 0.5) is 0 Å². The van der Waals surface area contributed by atoms with Gasteiger partial charge in [-0.25, -0.2) is 4.98 Å². The summed E-state index contributed by atoms with van der Waals surface area (Å²) in [6.45, 7) is 0. The summed E-state index contributed by atoms with van der Waals surface area (Å²) in [4.78, 5) is 15.6. The number of aromatic nitrogens is 5. The molecule has 1 aliphatic rings. The van der Waals surface area contributed by atoms with Gasteiger partial charge < -0.3 is 4.57 Å². The first-order valence-corrected chi connectivity index (χ1v) is 27.7. The normalized spacial score (nSPS) is 11.9. The molecule has 378 valence electrons. The van der Waals surface area contributed by atoms with Crippen LogP contribution in [0.25, 0.3) is 145 Å². The minimum Gasteiger partial charge on any atom is -0.309 e. The van der Waals surface area contributed by atoms with E-state index in [2.05, 4.69) is 258 Å². The van der Waals surface area contributed by atoms with Gasteiger partial charge in [-0.2, -0.15) is 9.97 Å². The van der Waals surface area contributed by atoms with E-state index in [1.165, 1.54) is 88.7 Å². The van der Waals surface area contributed by atoms with Crippen LogP contribution in [0.3, 0.4) is 0 Å². The first kappa shape index (κ1) is 46.4. The van der Waals surface area contributed by atoms with Crippen molar-refractivity contribution in [2.45, 2.75) is 6.42 Å². The monoisotopic (exact) mass is 1030 g/mol. The summed E-state index contributed by atoms with van der Waals surface area (Å²) in [7, 11) is 0. The van der Waals surface area contributed by atoms with Gasteiger partial charge in [-0.05, 0) is 145 Å². The molecule has 5 nitrogen and oxygen atoms in total. The van der Waals surface area contributed by atoms with Crippen molar-refractivity contribution in [1.29, 1.82) is 0 Å². The Morgan fingerprint density at radius 3 is 1.19 bits per heavy atom. The van der Waals surface area contributed by atoms with Crippen molar-refractivity contribution < 1.29 is 0 Å². The summed E-state index contributed by atoms with van der Waals surface area (Å²) in [5.41, 5.74) is 24.5. The van der Waals surface area contributed by atoms with Gasteiger partial charge in [0.25, 0.3) is 0 Å². The zero-order valence-corrected chi connectivity index (χ0v) is 44.1. The Morgan fingerprint density at radius 2 is 0.630 bits per heavy atom. The van der Waals surface area contributed by atoms with E-state index in [-0.39, 0.29) is 0 Å². The second kappa shape index (κ2) is 19.0. The van der Waals surface area contributed by atoms with E-state index >= 15 is 0 Å². The number of rotatable bonds is 9. The van der Waals surface area contributed by atoms with Crippen LogP contribution >= 0.6 is 0 Å². The standard InChI is InChI=1S/C76H49N5/c1-6-22-49(23-7-1)54-32-20-34-56(42-54)58-44-62(57-35-21-33-55(43-57)50-24-8-2-9-25-50)66-48-67-63(51-26-10-3-11-27-51)46-59(47-65(67)64(66)45-58)80-68-38-18-16-36-60(68)72-70(80)40-41-71-73(72)61-37-17-19-39-69(61)81(71)76-78-74(52-28-12-4-13-29-52)77-75(79-76)53-30-14-5-15-31-53/h1-47H,48H2. The molecule has 0 radical (unpaired) electrons. The van der Waals surface area contributed by atoms with Crippen LogP contribution < -0.4 is 0 Å². The molecule has 1 aliphatic carbocycles. The lowest BCUT2D eigenvalue weighted by Crippen LogP contribution is -2.06. The van der Waals surface area contributed by atoms with Crippen molar-refractivity contribution in [3.8, 4) is 101 Å². The molecular formula is C76H49N5. The summed E-state index contributed by atoms with van der Waals surface area (Å²) < 4.78 is 4.74. The Labute approximate surface area is 469 Å². The first-order chi connectivity index (χ1) is 40.2. The minimum atomic E-state index is 0.569. The van der Waals surface area contributed by atoms with Crippen molar-refractivity contribution in [2.75, 3.05) is 0 Å². The second-order valence-electron chi connectivity index (χ2n) is 21.1. The maximum atomic E-state index is 5.28. The van der Waals surface area contributed by atoms with Crippen LogP contribution in [0.1, 0.15) is 11.1 Å². The van der Waals surface area contributed by atoms with E-state index in [4.69, 9.17) is 15.0 Å². The van der Waals surface area contributed by atoms with Crippen molar-refractivity contribution >= 4 is 43.6 Å². The number of hydrogen-bond acceptors (Lipinski definition) is 3. The zero-order chi connectivity index (χ0) is 53.4. The van der Waals surface area contributed by atoms with Gasteiger partial charge in [-0.15, -0.1) is 0 Å². The fourth-order valence-corrected chi connectivity index (χ4v) is 12.7. The molecule has 0 saturated carbocycles.